The van der Waals surface area contributed by atoms with Crippen molar-refractivity contribution in [2.24, 2.45) is 0 Å². The second-order valence-electron chi connectivity index (χ2n) is 7.53. The number of hydrogen-bond donors (Lipinski definition) is 2. The molecule has 0 amide bonds. The van der Waals surface area contributed by atoms with E-state index in [-0.39, 0.29) is 11.6 Å². The van der Waals surface area contributed by atoms with Gasteiger partial charge in [-0.05, 0) is 35.9 Å². The third-order valence-electron chi connectivity index (χ3n) is 5.28. The van der Waals surface area contributed by atoms with Gasteiger partial charge in [-0.1, -0.05) is 60.1 Å². The number of anilines is 2. The molecule has 0 aliphatic heterocycles. The van der Waals surface area contributed by atoms with Crippen LogP contribution in [0.3, 0.4) is 0 Å². The number of rotatable bonds is 5. The standard InChI is InChI=1S/C26H19ClFN5/c27-21-14-19(13-18-7-4-12-30-22(18)21)24-23(17-5-2-1-3-6-17)32-25(29)26(33-24)31-15-16-8-10-20(28)11-9-16/h1-14H,15H2,(H2,29,32)(H,31,33). The Morgan fingerprint density at radius 1 is 0.848 bits per heavy atom. The van der Waals surface area contributed by atoms with Crippen LogP contribution in [-0.2, 0) is 6.54 Å². The summed E-state index contributed by atoms with van der Waals surface area (Å²) in [6, 6.07) is 23.7. The number of fused-ring (bicyclic) bond motifs is 1. The van der Waals surface area contributed by atoms with Crippen LogP contribution in [0.2, 0.25) is 5.02 Å². The number of halogens is 2. The minimum atomic E-state index is -0.282. The van der Waals surface area contributed by atoms with Crippen LogP contribution in [0.15, 0.2) is 85.1 Å². The molecule has 0 saturated carbocycles. The van der Waals surface area contributed by atoms with Gasteiger partial charge in [0.15, 0.2) is 11.6 Å². The highest BCUT2D eigenvalue weighted by atomic mass is 35.5. The van der Waals surface area contributed by atoms with Crippen LogP contribution in [0, 0.1) is 5.82 Å². The Bertz CT molecular complexity index is 1440. The first-order chi connectivity index (χ1) is 16.1. The van der Waals surface area contributed by atoms with E-state index >= 15 is 0 Å². The van der Waals surface area contributed by atoms with Crippen molar-refractivity contribution in [2.45, 2.75) is 6.54 Å². The molecule has 2 heterocycles. The van der Waals surface area contributed by atoms with Gasteiger partial charge in [0, 0.05) is 29.3 Å². The maximum Gasteiger partial charge on any atom is 0.169 e. The molecule has 162 valence electrons. The largest absolute Gasteiger partial charge is 0.381 e. The summed E-state index contributed by atoms with van der Waals surface area (Å²) in [4.78, 5) is 13.9. The molecule has 3 N–H and O–H groups in total. The Balaban J connectivity index is 1.62. The SMILES string of the molecule is Nc1nc(-c2ccccc2)c(-c2cc(Cl)c3ncccc3c2)nc1NCc1ccc(F)cc1. The molecule has 0 spiro atoms. The molecule has 5 aromatic rings. The van der Waals surface area contributed by atoms with Crippen molar-refractivity contribution in [1.29, 1.82) is 0 Å². The molecule has 3 aromatic carbocycles. The topological polar surface area (TPSA) is 76.7 Å². The second kappa shape index (κ2) is 8.84. The van der Waals surface area contributed by atoms with E-state index < -0.39 is 0 Å². The summed E-state index contributed by atoms with van der Waals surface area (Å²) in [6.45, 7) is 0.422. The zero-order valence-electron chi connectivity index (χ0n) is 17.5. The van der Waals surface area contributed by atoms with Crippen molar-refractivity contribution in [3.63, 3.8) is 0 Å². The van der Waals surface area contributed by atoms with Gasteiger partial charge in [0.1, 0.15) is 5.82 Å². The van der Waals surface area contributed by atoms with Crippen LogP contribution >= 0.6 is 11.6 Å². The summed E-state index contributed by atoms with van der Waals surface area (Å²) in [5.74, 6) is 0.430. The van der Waals surface area contributed by atoms with E-state index in [9.17, 15) is 4.39 Å². The highest BCUT2D eigenvalue weighted by molar-refractivity contribution is 6.35. The van der Waals surface area contributed by atoms with Gasteiger partial charge >= 0.3 is 0 Å². The first-order valence-electron chi connectivity index (χ1n) is 10.3. The second-order valence-corrected chi connectivity index (χ2v) is 7.94. The Labute approximate surface area is 195 Å². The lowest BCUT2D eigenvalue weighted by Crippen LogP contribution is -2.08. The van der Waals surface area contributed by atoms with Gasteiger partial charge in [-0.3, -0.25) is 4.98 Å². The fourth-order valence-electron chi connectivity index (χ4n) is 3.65. The van der Waals surface area contributed by atoms with E-state index in [2.05, 4.69) is 15.3 Å². The molecule has 0 unspecified atom stereocenters. The van der Waals surface area contributed by atoms with Gasteiger partial charge in [-0.25, -0.2) is 14.4 Å². The lowest BCUT2D eigenvalue weighted by Gasteiger charge is -2.15. The van der Waals surface area contributed by atoms with Gasteiger partial charge in [0.05, 0.1) is 21.9 Å². The average molecular weight is 456 g/mol. The number of nitrogen functional groups attached to an aromatic ring is 1. The summed E-state index contributed by atoms with van der Waals surface area (Å²) in [6.07, 6.45) is 1.71. The molecule has 0 aliphatic rings. The normalized spacial score (nSPS) is 11.0. The summed E-state index contributed by atoms with van der Waals surface area (Å²) in [5, 5.41) is 4.65. The molecule has 2 aromatic heterocycles. The highest BCUT2D eigenvalue weighted by Gasteiger charge is 2.17. The minimum Gasteiger partial charge on any atom is -0.381 e. The smallest absolute Gasteiger partial charge is 0.169 e. The average Bonchev–Trinajstić information content (AvgIpc) is 2.84. The number of benzene rings is 3. The number of hydrogen-bond acceptors (Lipinski definition) is 5. The van der Waals surface area contributed by atoms with E-state index in [1.807, 2.05) is 54.6 Å². The Kier molecular flexibility index (Phi) is 5.59. The Hall–Kier alpha value is -4.03. The molecule has 5 rings (SSSR count). The van der Waals surface area contributed by atoms with Crippen molar-refractivity contribution in [3.05, 3.63) is 101 Å². The summed E-state index contributed by atoms with van der Waals surface area (Å²) in [7, 11) is 0. The third-order valence-corrected chi connectivity index (χ3v) is 5.56. The van der Waals surface area contributed by atoms with Crippen molar-refractivity contribution in [2.75, 3.05) is 11.1 Å². The van der Waals surface area contributed by atoms with Gasteiger partial charge < -0.3 is 11.1 Å². The van der Waals surface area contributed by atoms with E-state index in [0.717, 1.165) is 27.6 Å². The van der Waals surface area contributed by atoms with Crippen molar-refractivity contribution >= 4 is 34.1 Å². The van der Waals surface area contributed by atoms with E-state index in [1.165, 1.54) is 12.1 Å². The van der Waals surface area contributed by atoms with Crippen LogP contribution in [0.1, 0.15) is 5.56 Å². The minimum absolute atomic E-state index is 0.272. The van der Waals surface area contributed by atoms with Crippen molar-refractivity contribution < 1.29 is 4.39 Å². The number of nitrogens with two attached hydrogens (primary N) is 1. The van der Waals surface area contributed by atoms with Crippen LogP contribution in [-0.4, -0.2) is 15.0 Å². The Morgan fingerprint density at radius 3 is 2.39 bits per heavy atom. The number of nitrogens with zero attached hydrogens (tertiary/aromatic N) is 3. The van der Waals surface area contributed by atoms with Gasteiger partial charge in [-0.15, -0.1) is 0 Å². The summed E-state index contributed by atoms with van der Waals surface area (Å²) in [5.41, 5.74) is 10.9. The third kappa shape index (κ3) is 4.33. The summed E-state index contributed by atoms with van der Waals surface area (Å²) >= 11 is 6.55. The molecule has 0 atom stereocenters. The first kappa shape index (κ1) is 20.8. The maximum absolute atomic E-state index is 13.2. The molecular formula is C26H19ClFN5. The predicted molar refractivity (Wildman–Crippen MR) is 131 cm³/mol. The van der Waals surface area contributed by atoms with Gasteiger partial charge in [0.25, 0.3) is 0 Å². The first-order valence-corrected chi connectivity index (χ1v) is 10.7. The fraction of sp³-hybridized carbons (Fsp3) is 0.0385. The molecule has 33 heavy (non-hydrogen) atoms. The molecule has 5 nitrogen and oxygen atoms in total. The molecule has 0 bridgehead atoms. The predicted octanol–water partition coefficient (Wildman–Crippen LogP) is 6.35. The van der Waals surface area contributed by atoms with E-state index in [1.54, 1.807) is 18.3 Å². The molecule has 0 fully saturated rings. The molecule has 0 saturated heterocycles. The molecule has 0 radical (unpaired) electrons. The molecular weight excluding hydrogens is 437 g/mol. The number of nitrogens with one attached hydrogen (secondary N) is 1. The quantitative estimate of drug-likeness (QED) is 0.323. The number of pyridine rings is 1. The Morgan fingerprint density at radius 2 is 1.61 bits per heavy atom. The van der Waals surface area contributed by atoms with Crippen LogP contribution < -0.4 is 11.1 Å². The number of aromatic nitrogens is 3. The zero-order chi connectivity index (χ0) is 22.8. The van der Waals surface area contributed by atoms with Crippen LogP contribution in [0.5, 0.6) is 0 Å². The molecule has 7 heteroatoms. The summed E-state index contributed by atoms with van der Waals surface area (Å²) < 4.78 is 13.2. The van der Waals surface area contributed by atoms with Crippen molar-refractivity contribution in [3.8, 4) is 22.5 Å². The monoisotopic (exact) mass is 455 g/mol. The lowest BCUT2D eigenvalue weighted by atomic mass is 10.0. The van der Waals surface area contributed by atoms with Crippen LogP contribution in [0.25, 0.3) is 33.4 Å². The van der Waals surface area contributed by atoms with Gasteiger partial charge in [-0.2, -0.15) is 0 Å². The fourth-order valence-corrected chi connectivity index (χ4v) is 3.93. The lowest BCUT2D eigenvalue weighted by molar-refractivity contribution is 0.627. The highest BCUT2D eigenvalue weighted by Crippen LogP contribution is 2.35. The maximum atomic E-state index is 13.2. The van der Waals surface area contributed by atoms with Crippen LogP contribution in [0.4, 0.5) is 16.0 Å². The van der Waals surface area contributed by atoms with Crippen molar-refractivity contribution in [1.82, 2.24) is 15.0 Å². The van der Waals surface area contributed by atoms with E-state index in [0.29, 0.717) is 28.8 Å². The van der Waals surface area contributed by atoms with E-state index in [4.69, 9.17) is 22.3 Å². The molecule has 0 aliphatic carbocycles. The zero-order valence-corrected chi connectivity index (χ0v) is 18.2. The van der Waals surface area contributed by atoms with Gasteiger partial charge in [0.2, 0.25) is 0 Å².